The fourth-order valence-corrected chi connectivity index (χ4v) is 4.56. The van der Waals surface area contributed by atoms with Crippen LogP contribution in [-0.4, -0.2) is 33.2 Å². The lowest BCUT2D eigenvalue weighted by molar-refractivity contribution is -0.137. The average Bonchev–Trinajstić information content (AvgIpc) is 3.10. The summed E-state index contributed by atoms with van der Waals surface area (Å²) in [6, 6.07) is 5.97. The van der Waals surface area contributed by atoms with Gasteiger partial charge in [-0.15, -0.1) is 0 Å². The van der Waals surface area contributed by atoms with Crippen molar-refractivity contribution in [3.05, 3.63) is 34.9 Å². The third kappa shape index (κ3) is 4.15. The highest BCUT2D eigenvalue weighted by Crippen LogP contribution is 2.42. The number of fused-ring (bicyclic) bond motifs is 1. The first-order valence-corrected chi connectivity index (χ1v) is 9.70. The van der Waals surface area contributed by atoms with Gasteiger partial charge in [-0.1, -0.05) is 37.5 Å². The summed E-state index contributed by atoms with van der Waals surface area (Å²) in [6.07, 6.45) is 5.04. The molecule has 1 aromatic rings. The van der Waals surface area contributed by atoms with Crippen molar-refractivity contribution in [1.29, 1.82) is 0 Å². The van der Waals surface area contributed by atoms with Crippen molar-refractivity contribution in [1.82, 2.24) is 0 Å². The molecule has 142 valence electrons. The largest absolute Gasteiger partial charge is 0.481 e. The predicted octanol–water partition coefficient (Wildman–Crippen LogP) is 3.12. The lowest BCUT2D eigenvalue weighted by Crippen LogP contribution is -2.19. The topological polar surface area (TPSA) is 94.8 Å². The van der Waals surface area contributed by atoms with Crippen molar-refractivity contribution >= 4 is 11.8 Å². The number of hydrogen-bond donors (Lipinski definition) is 3. The first kappa shape index (κ1) is 19.1. The summed E-state index contributed by atoms with van der Waals surface area (Å²) in [5.74, 6) is -0.951. The summed E-state index contributed by atoms with van der Waals surface area (Å²) < 4.78 is 0. The molecule has 26 heavy (non-hydrogen) atoms. The minimum absolute atomic E-state index is 0.133. The first-order valence-electron chi connectivity index (χ1n) is 9.70. The summed E-state index contributed by atoms with van der Waals surface area (Å²) in [4.78, 5) is 22.9. The van der Waals surface area contributed by atoms with Crippen LogP contribution in [0.3, 0.4) is 0 Å². The fourth-order valence-electron chi connectivity index (χ4n) is 4.56. The van der Waals surface area contributed by atoms with E-state index >= 15 is 0 Å². The van der Waals surface area contributed by atoms with E-state index in [2.05, 4.69) is 6.07 Å². The molecule has 0 saturated heterocycles. The highest BCUT2D eigenvalue weighted by molar-refractivity contribution is 5.85. The molecule has 0 aliphatic heterocycles. The molecule has 5 nitrogen and oxygen atoms in total. The van der Waals surface area contributed by atoms with E-state index in [1.54, 1.807) is 0 Å². The number of carbonyl (C=O) groups is 2. The van der Waals surface area contributed by atoms with Gasteiger partial charge in [-0.2, -0.15) is 0 Å². The van der Waals surface area contributed by atoms with Gasteiger partial charge in [0, 0.05) is 24.7 Å². The molecule has 5 heteroatoms. The maximum atomic E-state index is 12.4. The molecule has 0 radical (unpaired) electrons. The first-order chi connectivity index (χ1) is 12.5. The number of aryl methyl sites for hydroxylation is 1. The number of aliphatic hydroxyl groups excluding tert-OH is 2. The molecule has 1 saturated carbocycles. The monoisotopic (exact) mass is 360 g/mol. The number of Topliss-reactive ketones (excluding diaryl/α,β-unsaturated/α-hetero) is 1. The highest BCUT2D eigenvalue weighted by atomic mass is 16.4. The number of carboxylic acids is 1. The number of carboxylic acid groups (broad SMARTS) is 1. The van der Waals surface area contributed by atoms with Gasteiger partial charge < -0.3 is 15.3 Å². The summed E-state index contributed by atoms with van der Waals surface area (Å²) >= 11 is 0. The number of rotatable bonds is 8. The molecule has 4 atom stereocenters. The van der Waals surface area contributed by atoms with Crippen molar-refractivity contribution in [2.24, 2.45) is 5.92 Å². The van der Waals surface area contributed by atoms with Gasteiger partial charge in [-0.05, 0) is 42.4 Å². The molecule has 0 amide bonds. The van der Waals surface area contributed by atoms with Gasteiger partial charge in [0.25, 0.3) is 0 Å². The lowest BCUT2D eigenvalue weighted by Gasteiger charge is -2.22. The van der Waals surface area contributed by atoms with E-state index in [9.17, 15) is 19.8 Å². The second-order valence-corrected chi connectivity index (χ2v) is 7.73. The van der Waals surface area contributed by atoms with E-state index in [0.717, 1.165) is 55.2 Å². The Kier molecular flexibility index (Phi) is 6.09. The quantitative estimate of drug-likeness (QED) is 0.619. The van der Waals surface area contributed by atoms with Crippen LogP contribution in [0, 0.1) is 5.92 Å². The lowest BCUT2D eigenvalue weighted by atomic mass is 9.83. The van der Waals surface area contributed by atoms with Crippen LogP contribution in [0.4, 0.5) is 0 Å². The molecular weight excluding hydrogens is 332 g/mol. The summed E-state index contributed by atoms with van der Waals surface area (Å²) in [7, 11) is 0. The van der Waals surface area contributed by atoms with E-state index in [-0.39, 0.29) is 30.5 Å². The molecule has 3 rings (SSSR count). The van der Waals surface area contributed by atoms with Crippen molar-refractivity contribution < 1.29 is 24.9 Å². The van der Waals surface area contributed by atoms with Crippen LogP contribution in [0.5, 0.6) is 0 Å². The Hall–Kier alpha value is -1.72. The summed E-state index contributed by atoms with van der Waals surface area (Å²) in [5, 5.41) is 29.1. The zero-order chi connectivity index (χ0) is 18.7. The van der Waals surface area contributed by atoms with Crippen LogP contribution in [0.1, 0.15) is 80.1 Å². The van der Waals surface area contributed by atoms with E-state index in [1.807, 2.05) is 12.1 Å². The molecule has 2 aliphatic carbocycles. The van der Waals surface area contributed by atoms with Crippen LogP contribution in [-0.2, 0) is 16.0 Å². The number of aliphatic hydroxyl groups is 2. The molecule has 0 bridgehead atoms. The number of benzene rings is 1. The Morgan fingerprint density at radius 3 is 2.65 bits per heavy atom. The second kappa shape index (κ2) is 8.31. The minimum Gasteiger partial charge on any atom is -0.481 e. The zero-order valence-corrected chi connectivity index (χ0v) is 15.1. The molecule has 0 spiro atoms. The number of carbonyl (C=O) groups excluding carboxylic acids is 1. The summed E-state index contributed by atoms with van der Waals surface area (Å²) in [6.45, 7) is 0. The van der Waals surface area contributed by atoms with Crippen molar-refractivity contribution in [3.8, 4) is 0 Å². The van der Waals surface area contributed by atoms with E-state index in [0.29, 0.717) is 6.42 Å². The van der Waals surface area contributed by atoms with Crippen LogP contribution < -0.4 is 0 Å². The molecular formula is C21H28O5. The standard InChI is InChI=1S/C21H28O5/c22-17-10-8-13-11-14(7-9-15(13)17)21-16(18(23)12-19(21)24)5-3-1-2-4-6-20(25)26/h7,9,11,16-17,19,21-22,24H,1-6,8,10,12H2,(H,25,26)/t16-,17?,19+,21+/m0/s1. The minimum atomic E-state index is -0.763. The third-order valence-electron chi connectivity index (χ3n) is 5.93. The van der Waals surface area contributed by atoms with Crippen LogP contribution in [0.2, 0.25) is 0 Å². The van der Waals surface area contributed by atoms with E-state index < -0.39 is 18.2 Å². The van der Waals surface area contributed by atoms with Gasteiger partial charge in [0.15, 0.2) is 0 Å². The molecule has 0 aromatic heterocycles. The SMILES string of the molecule is O=C(O)CCCCCC[C@H]1C(=O)C[C@@H](O)[C@@H]1c1ccc2c(c1)CCC2O. The number of hydrogen-bond acceptors (Lipinski definition) is 4. The van der Waals surface area contributed by atoms with Gasteiger partial charge >= 0.3 is 5.97 Å². The maximum absolute atomic E-state index is 12.4. The molecule has 0 heterocycles. The van der Waals surface area contributed by atoms with Crippen LogP contribution >= 0.6 is 0 Å². The number of aliphatic carboxylic acids is 1. The number of ketones is 1. The normalized spacial score (nSPS) is 27.7. The van der Waals surface area contributed by atoms with Gasteiger partial charge in [0.2, 0.25) is 0 Å². The smallest absolute Gasteiger partial charge is 0.303 e. The van der Waals surface area contributed by atoms with Gasteiger partial charge in [-0.3, -0.25) is 9.59 Å². The third-order valence-corrected chi connectivity index (χ3v) is 5.93. The Bertz CT molecular complexity index is 668. The molecule has 1 fully saturated rings. The second-order valence-electron chi connectivity index (χ2n) is 7.73. The maximum Gasteiger partial charge on any atom is 0.303 e. The van der Waals surface area contributed by atoms with E-state index in [1.165, 1.54) is 0 Å². The Morgan fingerprint density at radius 1 is 1.12 bits per heavy atom. The Labute approximate surface area is 154 Å². The van der Waals surface area contributed by atoms with Gasteiger partial charge in [0.1, 0.15) is 5.78 Å². The van der Waals surface area contributed by atoms with Gasteiger partial charge in [-0.25, -0.2) is 0 Å². The Morgan fingerprint density at radius 2 is 1.88 bits per heavy atom. The average molecular weight is 360 g/mol. The molecule has 1 aromatic carbocycles. The van der Waals surface area contributed by atoms with Gasteiger partial charge in [0.05, 0.1) is 12.2 Å². The molecule has 1 unspecified atom stereocenters. The van der Waals surface area contributed by atoms with Crippen molar-refractivity contribution in [3.63, 3.8) is 0 Å². The van der Waals surface area contributed by atoms with Crippen molar-refractivity contribution in [2.75, 3.05) is 0 Å². The zero-order valence-electron chi connectivity index (χ0n) is 15.1. The predicted molar refractivity (Wildman–Crippen MR) is 96.9 cm³/mol. The van der Waals surface area contributed by atoms with Crippen molar-refractivity contribution in [2.45, 2.75) is 75.9 Å². The van der Waals surface area contributed by atoms with Crippen LogP contribution in [0.25, 0.3) is 0 Å². The van der Waals surface area contributed by atoms with Crippen LogP contribution in [0.15, 0.2) is 18.2 Å². The highest BCUT2D eigenvalue weighted by Gasteiger charge is 2.42. The fraction of sp³-hybridized carbons (Fsp3) is 0.619. The molecule has 3 N–H and O–H groups in total. The number of unbranched alkanes of at least 4 members (excludes halogenated alkanes) is 3. The summed E-state index contributed by atoms with van der Waals surface area (Å²) in [5.41, 5.74) is 3.11. The van der Waals surface area contributed by atoms with E-state index in [4.69, 9.17) is 5.11 Å². The Balaban J connectivity index is 1.61. The molecule has 2 aliphatic rings.